The van der Waals surface area contributed by atoms with Gasteiger partial charge in [-0.3, -0.25) is 9.59 Å². The Labute approximate surface area is 171 Å². The van der Waals surface area contributed by atoms with Crippen LogP contribution >= 0.6 is 0 Å². The van der Waals surface area contributed by atoms with E-state index in [1.165, 1.54) is 17.7 Å². The van der Waals surface area contributed by atoms with Crippen molar-refractivity contribution in [2.75, 3.05) is 6.54 Å². The zero-order valence-corrected chi connectivity index (χ0v) is 16.9. The Morgan fingerprint density at radius 3 is 2.14 bits per heavy atom. The third-order valence-electron chi connectivity index (χ3n) is 5.64. The Balaban J connectivity index is 1.36. The second-order valence-electron chi connectivity index (χ2n) is 7.92. The Morgan fingerprint density at radius 1 is 0.897 bits per heavy atom. The number of rotatable bonds is 7. The van der Waals surface area contributed by atoms with Gasteiger partial charge in [0, 0.05) is 24.9 Å². The molecule has 3 rings (SSSR count). The van der Waals surface area contributed by atoms with Gasteiger partial charge in [0.25, 0.3) is 0 Å². The number of amides is 2. The molecular weight excluding hydrogens is 367 g/mol. The summed E-state index contributed by atoms with van der Waals surface area (Å²) in [5, 5.41) is 6.01. The molecule has 0 radical (unpaired) electrons. The van der Waals surface area contributed by atoms with E-state index in [2.05, 4.69) is 16.7 Å². The summed E-state index contributed by atoms with van der Waals surface area (Å²) in [5.74, 6) is -0.142. The van der Waals surface area contributed by atoms with Crippen molar-refractivity contribution in [1.29, 1.82) is 0 Å². The quantitative estimate of drug-likeness (QED) is 0.745. The SMILES string of the molecule is Cc1cccc(CNC(=O)C2CCC(C(=O)NCCc3ccc(F)cc3)CC2)c1. The van der Waals surface area contributed by atoms with E-state index in [0.717, 1.165) is 36.8 Å². The van der Waals surface area contributed by atoms with E-state index in [4.69, 9.17) is 0 Å². The van der Waals surface area contributed by atoms with Gasteiger partial charge in [0.15, 0.2) is 0 Å². The summed E-state index contributed by atoms with van der Waals surface area (Å²) in [7, 11) is 0. The number of hydrogen-bond acceptors (Lipinski definition) is 2. The maximum Gasteiger partial charge on any atom is 0.223 e. The van der Waals surface area contributed by atoms with Crippen LogP contribution in [0.4, 0.5) is 4.39 Å². The van der Waals surface area contributed by atoms with Gasteiger partial charge in [-0.05, 0) is 62.3 Å². The first kappa shape index (κ1) is 21.0. The zero-order chi connectivity index (χ0) is 20.6. The molecule has 1 fully saturated rings. The van der Waals surface area contributed by atoms with Crippen LogP contribution in [0.2, 0.25) is 0 Å². The van der Waals surface area contributed by atoms with E-state index >= 15 is 0 Å². The van der Waals surface area contributed by atoms with Crippen LogP contribution in [0.1, 0.15) is 42.4 Å². The third kappa shape index (κ3) is 6.41. The molecule has 0 aromatic heterocycles. The number of benzene rings is 2. The molecule has 154 valence electrons. The number of nitrogens with one attached hydrogen (secondary N) is 2. The van der Waals surface area contributed by atoms with Gasteiger partial charge < -0.3 is 10.6 Å². The third-order valence-corrected chi connectivity index (χ3v) is 5.64. The van der Waals surface area contributed by atoms with Crippen molar-refractivity contribution >= 4 is 11.8 Å². The maximum atomic E-state index is 12.9. The van der Waals surface area contributed by atoms with Crippen molar-refractivity contribution in [3.63, 3.8) is 0 Å². The molecule has 2 aromatic rings. The normalized spacial score (nSPS) is 18.8. The van der Waals surface area contributed by atoms with Crippen molar-refractivity contribution in [3.05, 3.63) is 71.0 Å². The molecule has 0 aliphatic heterocycles. The molecule has 2 amide bonds. The van der Waals surface area contributed by atoms with Gasteiger partial charge in [-0.2, -0.15) is 0 Å². The van der Waals surface area contributed by atoms with Crippen LogP contribution in [0.15, 0.2) is 48.5 Å². The number of aryl methyl sites for hydroxylation is 1. The molecule has 0 saturated heterocycles. The average molecular weight is 397 g/mol. The van der Waals surface area contributed by atoms with Gasteiger partial charge in [-0.1, -0.05) is 42.0 Å². The Bertz CT molecular complexity index is 827. The van der Waals surface area contributed by atoms with Crippen molar-refractivity contribution in [3.8, 4) is 0 Å². The van der Waals surface area contributed by atoms with Crippen LogP contribution in [0.3, 0.4) is 0 Å². The number of carbonyl (C=O) groups is 2. The van der Waals surface area contributed by atoms with Gasteiger partial charge in [-0.25, -0.2) is 4.39 Å². The lowest BCUT2D eigenvalue weighted by atomic mass is 9.81. The van der Waals surface area contributed by atoms with Gasteiger partial charge in [0.2, 0.25) is 11.8 Å². The molecule has 1 aliphatic carbocycles. The fourth-order valence-corrected chi connectivity index (χ4v) is 3.90. The maximum absolute atomic E-state index is 12.9. The summed E-state index contributed by atoms with van der Waals surface area (Å²) >= 11 is 0. The molecule has 2 aromatic carbocycles. The molecule has 1 saturated carbocycles. The van der Waals surface area contributed by atoms with E-state index in [1.54, 1.807) is 12.1 Å². The molecule has 0 heterocycles. The van der Waals surface area contributed by atoms with Crippen LogP contribution in [-0.2, 0) is 22.6 Å². The lowest BCUT2D eigenvalue weighted by Crippen LogP contribution is -2.37. The largest absolute Gasteiger partial charge is 0.356 e. The minimum Gasteiger partial charge on any atom is -0.356 e. The molecule has 1 aliphatic rings. The summed E-state index contributed by atoms with van der Waals surface area (Å²) in [5.41, 5.74) is 3.29. The first-order valence-corrected chi connectivity index (χ1v) is 10.4. The first-order chi connectivity index (χ1) is 14.0. The lowest BCUT2D eigenvalue weighted by Gasteiger charge is -2.27. The molecular formula is C24H29FN2O2. The zero-order valence-electron chi connectivity index (χ0n) is 16.9. The minimum atomic E-state index is -0.252. The van der Waals surface area contributed by atoms with Gasteiger partial charge in [-0.15, -0.1) is 0 Å². The predicted molar refractivity (Wildman–Crippen MR) is 112 cm³/mol. The molecule has 0 bridgehead atoms. The van der Waals surface area contributed by atoms with E-state index < -0.39 is 0 Å². The Kier molecular flexibility index (Phi) is 7.39. The molecule has 2 N–H and O–H groups in total. The molecule has 0 unspecified atom stereocenters. The number of hydrogen-bond donors (Lipinski definition) is 2. The smallest absolute Gasteiger partial charge is 0.223 e. The predicted octanol–water partition coefficient (Wildman–Crippen LogP) is 3.92. The van der Waals surface area contributed by atoms with Gasteiger partial charge >= 0.3 is 0 Å². The number of halogens is 1. The Morgan fingerprint density at radius 2 is 1.52 bits per heavy atom. The van der Waals surface area contributed by atoms with E-state index in [-0.39, 0.29) is 29.5 Å². The molecule has 29 heavy (non-hydrogen) atoms. The van der Waals surface area contributed by atoms with E-state index in [1.807, 2.05) is 25.1 Å². The summed E-state index contributed by atoms with van der Waals surface area (Å²) in [4.78, 5) is 24.8. The second kappa shape index (κ2) is 10.2. The topological polar surface area (TPSA) is 58.2 Å². The van der Waals surface area contributed by atoms with E-state index in [0.29, 0.717) is 19.5 Å². The lowest BCUT2D eigenvalue weighted by molar-refractivity contribution is -0.130. The monoisotopic (exact) mass is 396 g/mol. The minimum absolute atomic E-state index is 0.0110. The molecule has 5 heteroatoms. The van der Waals surface area contributed by atoms with Crippen LogP contribution in [0.5, 0.6) is 0 Å². The highest BCUT2D eigenvalue weighted by atomic mass is 19.1. The van der Waals surface area contributed by atoms with Crippen LogP contribution in [0, 0.1) is 24.6 Å². The highest BCUT2D eigenvalue weighted by molar-refractivity contribution is 5.81. The Hall–Kier alpha value is -2.69. The summed E-state index contributed by atoms with van der Waals surface area (Å²) in [6.07, 6.45) is 3.66. The van der Waals surface area contributed by atoms with Crippen molar-refractivity contribution in [1.82, 2.24) is 10.6 Å². The fourth-order valence-electron chi connectivity index (χ4n) is 3.90. The summed E-state index contributed by atoms with van der Waals surface area (Å²) in [6.45, 7) is 3.13. The van der Waals surface area contributed by atoms with Crippen molar-refractivity contribution in [2.45, 2.75) is 45.6 Å². The molecule has 4 nitrogen and oxygen atoms in total. The van der Waals surface area contributed by atoms with Crippen LogP contribution in [-0.4, -0.2) is 18.4 Å². The second-order valence-corrected chi connectivity index (χ2v) is 7.92. The van der Waals surface area contributed by atoms with Gasteiger partial charge in [0.1, 0.15) is 5.82 Å². The van der Waals surface area contributed by atoms with E-state index in [9.17, 15) is 14.0 Å². The molecule has 0 atom stereocenters. The fraction of sp³-hybridized carbons (Fsp3) is 0.417. The van der Waals surface area contributed by atoms with Crippen LogP contribution < -0.4 is 10.6 Å². The van der Waals surface area contributed by atoms with Crippen LogP contribution in [0.25, 0.3) is 0 Å². The highest BCUT2D eigenvalue weighted by Gasteiger charge is 2.29. The van der Waals surface area contributed by atoms with Crippen molar-refractivity contribution in [2.24, 2.45) is 11.8 Å². The standard InChI is InChI=1S/C24H29FN2O2/c1-17-3-2-4-19(15-17)16-27-24(29)21-9-7-20(8-10-21)23(28)26-14-13-18-5-11-22(25)12-6-18/h2-6,11-12,15,20-21H,7-10,13-14,16H2,1H3,(H,26,28)(H,27,29). The van der Waals surface area contributed by atoms with Gasteiger partial charge in [0.05, 0.1) is 0 Å². The highest BCUT2D eigenvalue weighted by Crippen LogP contribution is 2.29. The summed E-state index contributed by atoms with van der Waals surface area (Å²) < 4.78 is 12.9. The average Bonchev–Trinajstić information content (AvgIpc) is 2.73. The van der Waals surface area contributed by atoms with Crippen molar-refractivity contribution < 1.29 is 14.0 Å². The first-order valence-electron chi connectivity index (χ1n) is 10.4. The number of carbonyl (C=O) groups excluding carboxylic acids is 2. The molecule has 0 spiro atoms. The summed E-state index contributed by atoms with van der Waals surface area (Å²) in [6, 6.07) is 14.5.